The second kappa shape index (κ2) is 15.3. The summed E-state index contributed by atoms with van der Waals surface area (Å²) in [7, 11) is 0. The minimum absolute atomic E-state index is 1.09. The van der Waals surface area contributed by atoms with Crippen LogP contribution in [0.25, 0.3) is 98.4 Å². The molecule has 294 valence electrons. The van der Waals surface area contributed by atoms with Crippen LogP contribution in [0.1, 0.15) is 0 Å². The highest BCUT2D eigenvalue weighted by Gasteiger charge is 2.19. The summed E-state index contributed by atoms with van der Waals surface area (Å²) in [6.07, 6.45) is 0. The fraction of sp³-hybridized carbons (Fsp3) is 0. The zero-order valence-corrected chi connectivity index (χ0v) is 34.6. The summed E-state index contributed by atoms with van der Waals surface area (Å²) < 4.78 is 0. The van der Waals surface area contributed by atoms with E-state index >= 15 is 0 Å². The Balaban J connectivity index is 0.990. The highest BCUT2D eigenvalue weighted by Crippen LogP contribution is 2.44. The molecule has 0 unspecified atom stereocenters. The third-order valence-corrected chi connectivity index (χ3v) is 12.8. The van der Waals surface area contributed by atoms with Crippen LogP contribution in [-0.4, -0.2) is 0 Å². The molecular weight excluding hydrogens is 759 g/mol. The molecule has 0 fully saturated rings. The lowest BCUT2D eigenvalue weighted by Gasteiger charge is -2.28. The Labute approximate surface area is 367 Å². The van der Waals surface area contributed by atoms with E-state index in [0.29, 0.717) is 0 Å². The minimum Gasteiger partial charge on any atom is -0.310 e. The van der Waals surface area contributed by atoms with Crippen molar-refractivity contribution in [3.8, 4) is 44.5 Å². The molecule has 0 heterocycles. The molecule has 63 heavy (non-hydrogen) atoms. The number of hydrogen-bond acceptors (Lipinski definition) is 1. The maximum absolute atomic E-state index is 2.42. The maximum atomic E-state index is 2.42. The predicted molar refractivity (Wildman–Crippen MR) is 270 cm³/mol. The van der Waals surface area contributed by atoms with Gasteiger partial charge in [-0.3, -0.25) is 0 Å². The van der Waals surface area contributed by atoms with Crippen LogP contribution >= 0.6 is 0 Å². The largest absolute Gasteiger partial charge is 0.310 e. The maximum Gasteiger partial charge on any atom is 0.0540 e. The van der Waals surface area contributed by atoms with Crippen molar-refractivity contribution in [3.63, 3.8) is 0 Å². The smallest absolute Gasteiger partial charge is 0.0540 e. The molecule has 12 aromatic carbocycles. The number of nitrogens with zero attached hydrogens (tertiary/aromatic N) is 1. The summed E-state index contributed by atoms with van der Waals surface area (Å²) in [6.45, 7) is 0. The van der Waals surface area contributed by atoms with Gasteiger partial charge in [-0.2, -0.15) is 0 Å². The van der Waals surface area contributed by atoms with E-state index in [4.69, 9.17) is 0 Å². The lowest BCUT2D eigenvalue weighted by atomic mass is 9.91. The summed E-state index contributed by atoms with van der Waals surface area (Å²) in [5, 5.41) is 12.7. The van der Waals surface area contributed by atoms with E-state index < -0.39 is 0 Å². The standard InChI is InChI=1S/C62H41N/c1-2-15-42(16-3-1)55-24-12-13-28-61(55)63(50-36-33-44(34-37-50)60-41-47-18-5-6-23-54(47)58-26-10-11-27-59(58)60)51-20-14-19-46(40-51)52-21-8-9-22-53(52)48-35-38-57-49(39-48)32-31-45-30-29-43-17-4-7-25-56(43)62(45)57/h1-41H. The van der Waals surface area contributed by atoms with Gasteiger partial charge >= 0.3 is 0 Å². The minimum atomic E-state index is 1.09. The first kappa shape index (κ1) is 36.6. The molecule has 12 aromatic rings. The number of fused-ring (bicyclic) bond motifs is 8. The van der Waals surface area contributed by atoms with Gasteiger partial charge in [-0.1, -0.05) is 206 Å². The average Bonchev–Trinajstić information content (AvgIpc) is 3.36. The van der Waals surface area contributed by atoms with Gasteiger partial charge in [-0.25, -0.2) is 0 Å². The van der Waals surface area contributed by atoms with Crippen LogP contribution in [0.15, 0.2) is 249 Å². The van der Waals surface area contributed by atoms with Crippen molar-refractivity contribution in [3.05, 3.63) is 249 Å². The molecule has 0 radical (unpaired) electrons. The predicted octanol–water partition coefficient (Wildman–Crippen LogP) is 17.6. The molecule has 0 aliphatic rings. The van der Waals surface area contributed by atoms with Crippen LogP contribution in [0.4, 0.5) is 17.1 Å². The zero-order valence-electron chi connectivity index (χ0n) is 34.6. The second-order valence-electron chi connectivity index (χ2n) is 16.4. The Bertz CT molecular complexity index is 3680. The Hall–Kier alpha value is -8.26. The molecule has 0 spiro atoms. The molecule has 0 aliphatic heterocycles. The molecule has 1 heteroatoms. The van der Waals surface area contributed by atoms with Crippen LogP contribution in [0.5, 0.6) is 0 Å². The number of benzene rings is 12. The van der Waals surface area contributed by atoms with Gasteiger partial charge in [-0.15, -0.1) is 0 Å². The van der Waals surface area contributed by atoms with Gasteiger partial charge in [-0.05, 0) is 135 Å². The fourth-order valence-corrected chi connectivity index (χ4v) is 9.84. The first-order chi connectivity index (χ1) is 31.2. The summed E-state index contributed by atoms with van der Waals surface area (Å²) in [4.78, 5) is 2.42. The van der Waals surface area contributed by atoms with Crippen LogP contribution < -0.4 is 4.90 Å². The molecule has 0 atom stereocenters. The van der Waals surface area contributed by atoms with Gasteiger partial charge in [0.05, 0.1) is 5.69 Å². The summed E-state index contributed by atoms with van der Waals surface area (Å²) in [5.74, 6) is 0. The highest BCUT2D eigenvalue weighted by atomic mass is 15.1. The number of rotatable bonds is 7. The van der Waals surface area contributed by atoms with Crippen molar-refractivity contribution in [2.45, 2.75) is 0 Å². The summed E-state index contributed by atoms with van der Waals surface area (Å²) >= 11 is 0. The van der Waals surface area contributed by atoms with Crippen molar-refractivity contribution in [2.24, 2.45) is 0 Å². The van der Waals surface area contributed by atoms with Crippen LogP contribution in [0.2, 0.25) is 0 Å². The first-order valence-corrected chi connectivity index (χ1v) is 21.7. The quantitative estimate of drug-likeness (QED) is 0.145. The van der Waals surface area contributed by atoms with Crippen molar-refractivity contribution in [1.82, 2.24) is 0 Å². The molecule has 0 saturated carbocycles. The molecular formula is C62H41N. The van der Waals surface area contributed by atoms with E-state index in [0.717, 1.165) is 22.6 Å². The normalized spacial score (nSPS) is 11.5. The van der Waals surface area contributed by atoms with Gasteiger partial charge in [0, 0.05) is 16.9 Å². The van der Waals surface area contributed by atoms with Gasteiger partial charge in [0.1, 0.15) is 0 Å². The molecule has 12 rings (SSSR count). The van der Waals surface area contributed by atoms with Crippen LogP contribution in [0, 0.1) is 0 Å². The Morgan fingerprint density at radius 1 is 0.222 bits per heavy atom. The highest BCUT2D eigenvalue weighted by molar-refractivity contribution is 6.20. The molecule has 0 N–H and O–H groups in total. The zero-order chi connectivity index (χ0) is 41.7. The number of hydrogen-bond donors (Lipinski definition) is 0. The van der Waals surface area contributed by atoms with E-state index in [1.807, 2.05) is 0 Å². The van der Waals surface area contributed by atoms with Crippen molar-refractivity contribution in [2.75, 3.05) is 4.90 Å². The molecule has 0 saturated heterocycles. The molecule has 0 amide bonds. The Morgan fingerprint density at radius 2 is 0.746 bits per heavy atom. The van der Waals surface area contributed by atoms with Crippen molar-refractivity contribution >= 4 is 70.9 Å². The monoisotopic (exact) mass is 799 g/mol. The Morgan fingerprint density at radius 3 is 1.54 bits per heavy atom. The molecule has 0 aliphatic carbocycles. The molecule has 0 bridgehead atoms. The van der Waals surface area contributed by atoms with Crippen LogP contribution in [0.3, 0.4) is 0 Å². The number of para-hydroxylation sites is 1. The summed E-state index contributed by atoms with van der Waals surface area (Å²) in [5.41, 5.74) is 12.8. The average molecular weight is 800 g/mol. The molecule has 1 nitrogen and oxygen atoms in total. The topological polar surface area (TPSA) is 3.24 Å². The molecule has 0 aromatic heterocycles. The van der Waals surface area contributed by atoms with Gasteiger partial charge in [0.25, 0.3) is 0 Å². The SMILES string of the molecule is c1ccc(-c2ccccc2N(c2ccc(-c3cc4ccccc4c4ccccc34)cc2)c2cccc(-c3ccccc3-c3ccc4c(ccc5ccc6ccccc6c54)c3)c2)cc1. The van der Waals surface area contributed by atoms with Crippen molar-refractivity contribution < 1.29 is 0 Å². The van der Waals surface area contributed by atoms with E-state index in [-0.39, 0.29) is 0 Å². The number of anilines is 3. The van der Waals surface area contributed by atoms with E-state index in [2.05, 4.69) is 254 Å². The third kappa shape index (κ3) is 6.42. The second-order valence-corrected chi connectivity index (χ2v) is 16.4. The van der Waals surface area contributed by atoms with Crippen molar-refractivity contribution in [1.29, 1.82) is 0 Å². The van der Waals surface area contributed by atoms with Gasteiger partial charge in [0.15, 0.2) is 0 Å². The van der Waals surface area contributed by atoms with Gasteiger partial charge < -0.3 is 4.90 Å². The van der Waals surface area contributed by atoms with E-state index in [9.17, 15) is 0 Å². The first-order valence-electron chi connectivity index (χ1n) is 21.7. The van der Waals surface area contributed by atoms with E-state index in [1.54, 1.807) is 0 Å². The van der Waals surface area contributed by atoms with E-state index in [1.165, 1.54) is 92.8 Å². The summed E-state index contributed by atoms with van der Waals surface area (Å²) in [6, 6.07) is 91.0. The Kier molecular flexibility index (Phi) is 8.90. The third-order valence-electron chi connectivity index (χ3n) is 12.8. The van der Waals surface area contributed by atoms with Gasteiger partial charge in [0.2, 0.25) is 0 Å². The van der Waals surface area contributed by atoms with Crippen LogP contribution in [-0.2, 0) is 0 Å². The lowest BCUT2D eigenvalue weighted by molar-refractivity contribution is 1.28. The fourth-order valence-electron chi connectivity index (χ4n) is 9.84. The lowest BCUT2D eigenvalue weighted by Crippen LogP contribution is -2.11.